The topological polar surface area (TPSA) is 80.6 Å². The summed E-state index contributed by atoms with van der Waals surface area (Å²) in [5.74, 6) is 1.09. The van der Waals surface area contributed by atoms with Gasteiger partial charge in [-0.05, 0) is 30.3 Å². The molecule has 0 saturated carbocycles. The first kappa shape index (κ1) is 17.9. The summed E-state index contributed by atoms with van der Waals surface area (Å²) in [7, 11) is 4.56. The number of benzene rings is 2. The summed E-state index contributed by atoms with van der Waals surface area (Å²) in [6.45, 7) is 0. The minimum atomic E-state index is -0.537. The van der Waals surface area contributed by atoms with Gasteiger partial charge in [-0.1, -0.05) is 12.1 Å². The largest absolute Gasteiger partial charge is 0.497 e. The molecule has 1 amide bonds. The normalized spacial score (nSPS) is 10.6. The highest BCUT2D eigenvalue weighted by molar-refractivity contribution is 6.10. The molecule has 0 unspecified atom stereocenters. The molecule has 0 atom stereocenters. The molecule has 0 aliphatic heterocycles. The van der Waals surface area contributed by atoms with Crippen molar-refractivity contribution in [1.82, 2.24) is 0 Å². The number of carbonyl (C=O) groups is 1. The third-order valence-electron chi connectivity index (χ3n) is 3.46. The number of methoxy groups -OCH3 is 3. The Hall–Kier alpha value is -3.46. The number of anilines is 1. The highest BCUT2D eigenvalue weighted by atomic mass is 16.5. The number of hydrogen-bond acceptors (Lipinski definition) is 5. The van der Waals surface area contributed by atoms with Crippen molar-refractivity contribution in [2.75, 3.05) is 26.6 Å². The Morgan fingerprint density at radius 1 is 1.04 bits per heavy atom. The molecule has 2 aromatic carbocycles. The maximum absolute atomic E-state index is 12.4. The Balaban J connectivity index is 2.31. The molecule has 0 heterocycles. The molecule has 1 N–H and O–H groups in total. The molecule has 6 heteroatoms. The molecule has 0 bridgehead atoms. The number of carbonyl (C=O) groups excluding carboxylic acids is 1. The molecular weight excluding hydrogens is 320 g/mol. The maximum atomic E-state index is 12.4. The van der Waals surface area contributed by atoms with Gasteiger partial charge in [0.1, 0.15) is 28.9 Å². The molecule has 0 aliphatic rings. The van der Waals surface area contributed by atoms with Crippen LogP contribution < -0.4 is 19.5 Å². The summed E-state index contributed by atoms with van der Waals surface area (Å²) in [6, 6.07) is 14.0. The first-order valence-corrected chi connectivity index (χ1v) is 7.41. The molecular formula is C19H18N2O4. The number of amides is 1. The summed E-state index contributed by atoms with van der Waals surface area (Å²) in [5.41, 5.74) is 1.02. The van der Waals surface area contributed by atoms with Gasteiger partial charge in [-0.15, -0.1) is 0 Å². The summed E-state index contributed by atoms with van der Waals surface area (Å²) in [5, 5.41) is 12.0. The fourth-order valence-electron chi connectivity index (χ4n) is 2.18. The average molecular weight is 338 g/mol. The Kier molecular flexibility index (Phi) is 6.02. The third kappa shape index (κ3) is 4.30. The summed E-state index contributed by atoms with van der Waals surface area (Å²) < 4.78 is 15.6. The van der Waals surface area contributed by atoms with Crippen LogP contribution in [-0.2, 0) is 4.79 Å². The lowest BCUT2D eigenvalue weighted by Crippen LogP contribution is -2.14. The van der Waals surface area contributed by atoms with Crippen LogP contribution in [0.4, 0.5) is 5.69 Å². The van der Waals surface area contributed by atoms with Crippen LogP contribution in [-0.4, -0.2) is 27.2 Å². The zero-order chi connectivity index (χ0) is 18.2. The lowest BCUT2D eigenvalue weighted by Gasteiger charge is -2.10. The standard InChI is InChI=1S/C19H18N2O4/c1-23-15-9-8-13(18(11-15)25-3)10-14(12-20)19(22)21-16-6-4-5-7-17(16)24-2/h4-11H,1-3H3,(H,21,22)/b14-10+. The van der Waals surface area contributed by atoms with E-state index in [9.17, 15) is 10.1 Å². The van der Waals surface area contributed by atoms with E-state index >= 15 is 0 Å². The number of ether oxygens (including phenoxy) is 3. The minimum absolute atomic E-state index is 0.0608. The lowest BCUT2D eigenvalue weighted by atomic mass is 10.1. The highest BCUT2D eigenvalue weighted by Gasteiger charge is 2.13. The molecule has 0 aromatic heterocycles. The fourth-order valence-corrected chi connectivity index (χ4v) is 2.18. The van der Waals surface area contributed by atoms with E-state index < -0.39 is 5.91 Å². The number of rotatable bonds is 6. The minimum Gasteiger partial charge on any atom is -0.497 e. The van der Waals surface area contributed by atoms with Crippen molar-refractivity contribution in [1.29, 1.82) is 5.26 Å². The summed E-state index contributed by atoms with van der Waals surface area (Å²) in [6.07, 6.45) is 1.46. The summed E-state index contributed by atoms with van der Waals surface area (Å²) in [4.78, 5) is 12.4. The van der Waals surface area contributed by atoms with Gasteiger partial charge in [0.05, 0.1) is 27.0 Å². The Bertz CT molecular complexity index is 838. The molecule has 25 heavy (non-hydrogen) atoms. The second-order valence-electron chi connectivity index (χ2n) is 4.93. The van der Waals surface area contributed by atoms with Crippen molar-refractivity contribution in [2.45, 2.75) is 0 Å². The van der Waals surface area contributed by atoms with E-state index in [1.807, 2.05) is 6.07 Å². The lowest BCUT2D eigenvalue weighted by molar-refractivity contribution is -0.112. The number of hydrogen-bond donors (Lipinski definition) is 1. The van der Waals surface area contributed by atoms with E-state index in [4.69, 9.17) is 14.2 Å². The van der Waals surface area contributed by atoms with Gasteiger partial charge >= 0.3 is 0 Å². The first-order chi connectivity index (χ1) is 12.1. The van der Waals surface area contributed by atoms with Crippen LogP contribution in [0.2, 0.25) is 0 Å². The third-order valence-corrected chi connectivity index (χ3v) is 3.46. The average Bonchev–Trinajstić information content (AvgIpc) is 2.66. The van der Waals surface area contributed by atoms with Crippen LogP contribution in [0.5, 0.6) is 17.2 Å². The van der Waals surface area contributed by atoms with Gasteiger partial charge in [-0.25, -0.2) is 0 Å². The van der Waals surface area contributed by atoms with Gasteiger partial charge in [0.15, 0.2) is 0 Å². The van der Waals surface area contributed by atoms with Crippen LogP contribution >= 0.6 is 0 Å². The second kappa shape index (κ2) is 8.41. The van der Waals surface area contributed by atoms with E-state index in [0.717, 1.165) is 0 Å². The van der Waals surface area contributed by atoms with Gasteiger partial charge in [-0.2, -0.15) is 5.26 Å². The van der Waals surface area contributed by atoms with Crippen LogP contribution in [0.25, 0.3) is 6.08 Å². The van der Waals surface area contributed by atoms with E-state index in [1.165, 1.54) is 20.3 Å². The van der Waals surface area contributed by atoms with E-state index in [1.54, 1.807) is 49.6 Å². The number of nitrogens with zero attached hydrogens (tertiary/aromatic N) is 1. The Morgan fingerprint density at radius 3 is 2.40 bits per heavy atom. The van der Waals surface area contributed by atoms with Crippen LogP contribution in [0.1, 0.15) is 5.56 Å². The predicted molar refractivity (Wildman–Crippen MR) is 94.8 cm³/mol. The molecule has 0 aliphatic carbocycles. The second-order valence-corrected chi connectivity index (χ2v) is 4.93. The number of nitrogens with one attached hydrogen (secondary N) is 1. The Morgan fingerprint density at radius 2 is 1.76 bits per heavy atom. The molecule has 0 spiro atoms. The molecule has 6 nitrogen and oxygen atoms in total. The fraction of sp³-hybridized carbons (Fsp3) is 0.158. The van der Waals surface area contributed by atoms with Crippen molar-refractivity contribution in [3.05, 3.63) is 53.6 Å². The molecule has 0 saturated heterocycles. The number of para-hydroxylation sites is 2. The van der Waals surface area contributed by atoms with Gasteiger partial charge < -0.3 is 19.5 Å². The van der Waals surface area contributed by atoms with Crippen molar-refractivity contribution in [3.63, 3.8) is 0 Å². The molecule has 0 fully saturated rings. The molecule has 2 rings (SSSR count). The zero-order valence-electron chi connectivity index (χ0n) is 14.2. The maximum Gasteiger partial charge on any atom is 0.266 e. The predicted octanol–water partition coefficient (Wildman–Crippen LogP) is 3.26. The van der Waals surface area contributed by atoms with E-state index in [0.29, 0.717) is 28.5 Å². The van der Waals surface area contributed by atoms with Crippen molar-refractivity contribution < 1.29 is 19.0 Å². The SMILES string of the molecule is COc1ccc(/C=C(\C#N)C(=O)Nc2ccccc2OC)c(OC)c1. The van der Waals surface area contributed by atoms with Gasteiger partial charge in [0.25, 0.3) is 5.91 Å². The smallest absolute Gasteiger partial charge is 0.266 e. The molecule has 128 valence electrons. The van der Waals surface area contributed by atoms with Gasteiger partial charge in [-0.3, -0.25) is 4.79 Å². The zero-order valence-corrected chi connectivity index (χ0v) is 14.2. The molecule has 2 aromatic rings. The monoisotopic (exact) mass is 338 g/mol. The van der Waals surface area contributed by atoms with Crippen molar-refractivity contribution >= 4 is 17.7 Å². The number of nitriles is 1. The van der Waals surface area contributed by atoms with E-state index in [2.05, 4.69) is 5.32 Å². The Labute approximate surface area is 146 Å². The van der Waals surface area contributed by atoms with Crippen LogP contribution in [0.3, 0.4) is 0 Å². The van der Waals surface area contributed by atoms with Crippen molar-refractivity contribution in [2.24, 2.45) is 0 Å². The van der Waals surface area contributed by atoms with Gasteiger partial charge in [0.2, 0.25) is 0 Å². The quantitative estimate of drug-likeness (QED) is 0.646. The van der Waals surface area contributed by atoms with Crippen LogP contribution in [0, 0.1) is 11.3 Å². The van der Waals surface area contributed by atoms with Crippen molar-refractivity contribution in [3.8, 4) is 23.3 Å². The van der Waals surface area contributed by atoms with Crippen LogP contribution in [0.15, 0.2) is 48.0 Å². The highest BCUT2D eigenvalue weighted by Crippen LogP contribution is 2.27. The summed E-state index contributed by atoms with van der Waals surface area (Å²) >= 11 is 0. The van der Waals surface area contributed by atoms with Gasteiger partial charge in [0, 0.05) is 11.6 Å². The molecule has 0 radical (unpaired) electrons. The van der Waals surface area contributed by atoms with E-state index in [-0.39, 0.29) is 5.57 Å². The first-order valence-electron chi connectivity index (χ1n) is 7.41.